The maximum absolute atomic E-state index is 13.6. The number of hydrogen-bond acceptors (Lipinski definition) is 4. The predicted octanol–water partition coefficient (Wildman–Crippen LogP) is 6.96. The van der Waals surface area contributed by atoms with Crippen molar-refractivity contribution >= 4 is 11.5 Å². The monoisotopic (exact) mass is 544 g/mol. The van der Waals surface area contributed by atoms with Crippen molar-refractivity contribution in [2.24, 2.45) is 5.92 Å². The van der Waals surface area contributed by atoms with Gasteiger partial charge in [0, 0.05) is 12.5 Å². The average Bonchev–Trinajstić information content (AvgIpc) is 3.67. The molecule has 9 heteroatoms. The quantitative estimate of drug-likeness (QED) is 0.173. The van der Waals surface area contributed by atoms with Crippen molar-refractivity contribution in [2.45, 2.75) is 31.5 Å². The topological polar surface area (TPSA) is 60.5 Å². The zero-order valence-electron chi connectivity index (χ0n) is 21.8. The van der Waals surface area contributed by atoms with E-state index in [2.05, 4.69) is 15.3 Å². The van der Waals surface area contributed by atoms with Crippen LogP contribution < -0.4 is 10.1 Å². The largest absolute Gasteiger partial charge is 0.497 e. The Morgan fingerprint density at radius 1 is 1.07 bits per heavy atom. The highest BCUT2D eigenvalue weighted by molar-refractivity contribution is 5.96. The summed E-state index contributed by atoms with van der Waals surface area (Å²) in [5, 5.41) is 7.32. The molecule has 0 spiro atoms. The number of ketones is 1. The lowest BCUT2D eigenvalue weighted by Crippen LogP contribution is -2.24. The molecule has 1 saturated carbocycles. The Bertz CT molecular complexity index is 1550. The molecule has 1 aliphatic rings. The molecule has 1 fully saturated rings. The van der Waals surface area contributed by atoms with Crippen molar-refractivity contribution in [3.8, 4) is 11.4 Å². The maximum atomic E-state index is 13.6. The van der Waals surface area contributed by atoms with Gasteiger partial charge in [0.2, 0.25) is 0 Å². The van der Waals surface area contributed by atoms with Gasteiger partial charge in [-0.3, -0.25) is 4.79 Å². The standard InChI is InChI=1S/C31H27F3N4O2/c1-35-24-7-4-8-25(17-24)38-27(18-29(37-38)31(32,33)34)28(39)16-21-5-3-6-23(15-21)30(36-19-20-9-10-20)22-11-13-26(40-2)14-12-22/h3-8,11-15,17-18,20,30,36H,9-10,16,19H2,2H3. The lowest BCUT2D eigenvalue weighted by molar-refractivity contribution is -0.141. The number of ether oxygens (including phenoxy) is 1. The van der Waals surface area contributed by atoms with E-state index in [0.717, 1.165) is 34.2 Å². The van der Waals surface area contributed by atoms with Crippen molar-refractivity contribution in [3.05, 3.63) is 118 Å². The number of nitrogens with zero attached hydrogens (tertiary/aromatic N) is 3. The Morgan fingerprint density at radius 2 is 1.82 bits per heavy atom. The van der Waals surface area contributed by atoms with E-state index in [1.165, 1.54) is 31.0 Å². The van der Waals surface area contributed by atoms with Gasteiger partial charge in [-0.1, -0.05) is 48.5 Å². The molecule has 0 radical (unpaired) electrons. The summed E-state index contributed by atoms with van der Waals surface area (Å²) in [6, 6.07) is 22.0. The molecule has 1 unspecified atom stereocenters. The van der Waals surface area contributed by atoms with E-state index in [1.807, 2.05) is 42.5 Å². The van der Waals surface area contributed by atoms with E-state index < -0.39 is 17.7 Å². The number of benzene rings is 3. The number of alkyl halides is 3. The summed E-state index contributed by atoms with van der Waals surface area (Å²) in [5.41, 5.74) is 1.74. The molecule has 0 saturated heterocycles. The Labute approximate surface area is 230 Å². The van der Waals surface area contributed by atoms with Crippen LogP contribution in [-0.2, 0) is 12.6 Å². The lowest BCUT2D eigenvalue weighted by Gasteiger charge is -2.21. The van der Waals surface area contributed by atoms with Crippen molar-refractivity contribution in [1.29, 1.82) is 0 Å². The summed E-state index contributed by atoms with van der Waals surface area (Å²) < 4.78 is 47.0. The van der Waals surface area contributed by atoms with Crippen LogP contribution in [0.3, 0.4) is 0 Å². The summed E-state index contributed by atoms with van der Waals surface area (Å²) in [6.45, 7) is 8.09. The van der Waals surface area contributed by atoms with Gasteiger partial charge < -0.3 is 10.1 Å². The zero-order valence-corrected chi connectivity index (χ0v) is 21.8. The van der Waals surface area contributed by atoms with Crippen molar-refractivity contribution in [2.75, 3.05) is 13.7 Å². The zero-order chi connectivity index (χ0) is 28.3. The van der Waals surface area contributed by atoms with Gasteiger partial charge in [0.25, 0.3) is 0 Å². The van der Waals surface area contributed by atoms with Gasteiger partial charge in [0.1, 0.15) is 11.4 Å². The van der Waals surface area contributed by atoms with E-state index in [1.54, 1.807) is 19.2 Å². The minimum absolute atomic E-state index is 0.114. The number of methoxy groups -OCH3 is 1. The third kappa shape index (κ3) is 6.24. The van der Waals surface area contributed by atoms with Crippen LogP contribution in [0.5, 0.6) is 5.75 Å². The molecule has 5 rings (SSSR count). The predicted molar refractivity (Wildman–Crippen MR) is 145 cm³/mol. The third-order valence-electron chi connectivity index (χ3n) is 6.89. The molecule has 6 nitrogen and oxygen atoms in total. The Morgan fingerprint density at radius 3 is 2.50 bits per heavy atom. The molecule has 40 heavy (non-hydrogen) atoms. The highest BCUT2D eigenvalue weighted by atomic mass is 19.4. The first kappa shape index (κ1) is 27.2. The fourth-order valence-electron chi connectivity index (χ4n) is 4.60. The summed E-state index contributed by atoms with van der Waals surface area (Å²) in [4.78, 5) is 16.8. The van der Waals surface area contributed by atoms with Crippen LogP contribution in [-0.4, -0.2) is 29.2 Å². The van der Waals surface area contributed by atoms with Gasteiger partial charge >= 0.3 is 6.18 Å². The van der Waals surface area contributed by atoms with E-state index in [0.29, 0.717) is 11.5 Å². The van der Waals surface area contributed by atoms with Crippen LogP contribution >= 0.6 is 0 Å². The van der Waals surface area contributed by atoms with Crippen LogP contribution in [0, 0.1) is 12.5 Å². The van der Waals surface area contributed by atoms with Crippen LogP contribution in [0.15, 0.2) is 78.9 Å². The van der Waals surface area contributed by atoms with Gasteiger partial charge in [-0.2, -0.15) is 18.3 Å². The Hall–Kier alpha value is -4.42. The van der Waals surface area contributed by atoms with E-state index in [4.69, 9.17) is 11.3 Å². The molecule has 3 aromatic carbocycles. The molecule has 1 atom stereocenters. The molecule has 0 amide bonds. The number of aromatic nitrogens is 2. The molecular formula is C31H27F3N4O2. The number of halogens is 3. The first-order chi connectivity index (χ1) is 19.2. The molecular weight excluding hydrogens is 517 g/mol. The second-order valence-corrected chi connectivity index (χ2v) is 9.86. The average molecular weight is 545 g/mol. The van der Waals surface area contributed by atoms with Gasteiger partial charge in [0.05, 0.1) is 25.4 Å². The van der Waals surface area contributed by atoms with Gasteiger partial charge in [-0.15, -0.1) is 0 Å². The fourth-order valence-corrected chi connectivity index (χ4v) is 4.60. The van der Waals surface area contributed by atoms with Crippen molar-refractivity contribution in [3.63, 3.8) is 0 Å². The summed E-state index contributed by atoms with van der Waals surface area (Å²) in [7, 11) is 1.61. The SMILES string of the molecule is [C-]#[N+]c1cccc(-n2nc(C(F)(F)F)cc2C(=O)Cc2cccc(C(NCC3CC3)c3ccc(OC)cc3)c2)c1. The van der Waals surface area contributed by atoms with Crippen LogP contribution in [0.4, 0.5) is 18.9 Å². The minimum Gasteiger partial charge on any atom is -0.497 e. The Balaban J connectivity index is 1.45. The molecule has 204 valence electrons. The second-order valence-electron chi connectivity index (χ2n) is 9.86. The highest BCUT2D eigenvalue weighted by Gasteiger charge is 2.36. The van der Waals surface area contributed by atoms with Gasteiger partial charge in [-0.05, 0) is 66.3 Å². The maximum Gasteiger partial charge on any atom is 0.435 e. The molecule has 1 heterocycles. The number of rotatable bonds is 10. The summed E-state index contributed by atoms with van der Waals surface area (Å²) in [5.74, 6) is 0.885. The highest BCUT2D eigenvalue weighted by Crippen LogP contribution is 2.32. The number of carbonyl (C=O) groups is 1. The van der Waals surface area contributed by atoms with Gasteiger partial charge in [-0.25, -0.2) is 9.53 Å². The number of nitrogens with one attached hydrogen (secondary N) is 1. The number of carbonyl (C=O) groups excluding carboxylic acids is 1. The second kappa shape index (κ2) is 11.4. The first-order valence-electron chi connectivity index (χ1n) is 12.9. The molecule has 4 aromatic rings. The van der Waals surface area contributed by atoms with E-state index in [-0.39, 0.29) is 29.5 Å². The first-order valence-corrected chi connectivity index (χ1v) is 12.9. The van der Waals surface area contributed by atoms with E-state index >= 15 is 0 Å². The molecule has 0 aliphatic heterocycles. The lowest BCUT2D eigenvalue weighted by atomic mass is 9.95. The number of Topliss-reactive ketones (excluding diaryl/α,β-unsaturated/α-hetero) is 1. The normalized spacial score (nSPS) is 14.0. The molecule has 1 N–H and O–H groups in total. The number of hydrogen-bond donors (Lipinski definition) is 1. The fraction of sp³-hybridized carbons (Fsp3) is 0.258. The van der Waals surface area contributed by atoms with Crippen molar-refractivity contribution in [1.82, 2.24) is 15.1 Å². The molecule has 1 aliphatic carbocycles. The van der Waals surface area contributed by atoms with Crippen LogP contribution in [0.1, 0.15) is 51.8 Å². The summed E-state index contributed by atoms with van der Waals surface area (Å²) >= 11 is 0. The smallest absolute Gasteiger partial charge is 0.435 e. The molecule has 1 aromatic heterocycles. The van der Waals surface area contributed by atoms with E-state index in [9.17, 15) is 18.0 Å². The van der Waals surface area contributed by atoms with Crippen LogP contribution in [0.25, 0.3) is 10.5 Å². The van der Waals surface area contributed by atoms with Gasteiger partial charge in [0.15, 0.2) is 17.2 Å². The summed E-state index contributed by atoms with van der Waals surface area (Å²) in [6.07, 6.45) is -2.44. The third-order valence-corrected chi connectivity index (χ3v) is 6.89. The van der Waals surface area contributed by atoms with Crippen molar-refractivity contribution < 1.29 is 22.7 Å². The van der Waals surface area contributed by atoms with Crippen LogP contribution in [0.2, 0.25) is 0 Å². The minimum atomic E-state index is -4.73. The Kier molecular flexibility index (Phi) is 7.71. The molecule has 0 bridgehead atoms.